The van der Waals surface area contributed by atoms with Crippen LogP contribution in [0, 0.1) is 0 Å². The number of hydrogen-bond donors (Lipinski definition) is 1. The summed E-state index contributed by atoms with van der Waals surface area (Å²) in [6, 6.07) is 10.3. The molecule has 0 bridgehead atoms. The van der Waals surface area contributed by atoms with E-state index in [1.807, 2.05) is 26.8 Å². The van der Waals surface area contributed by atoms with Gasteiger partial charge in [-0.25, -0.2) is 17.9 Å². The maximum Gasteiger partial charge on any atom is 0.410 e. The number of rotatable bonds is 4. The molecule has 2 fully saturated rings. The van der Waals surface area contributed by atoms with Gasteiger partial charge in [0.05, 0.1) is 37.7 Å². The van der Waals surface area contributed by atoms with Crippen LogP contribution >= 0.6 is 0 Å². The molecule has 34 heavy (non-hydrogen) atoms. The Morgan fingerprint density at radius 3 is 2.53 bits per heavy atom. The molecule has 1 unspecified atom stereocenters. The summed E-state index contributed by atoms with van der Waals surface area (Å²) >= 11 is 0. The highest BCUT2D eigenvalue weighted by Gasteiger charge is 2.31. The molecule has 192 valence electrons. The van der Waals surface area contributed by atoms with E-state index >= 15 is 0 Å². The van der Waals surface area contributed by atoms with Crippen LogP contribution in [0.4, 0.5) is 4.79 Å². The van der Waals surface area contributed by atoms with Gasteiger partial charge in [0, 0.05) is 13.1 Å². The monoisotopic (exact) mass is 496 g/mol. The zero-order valence-corrected chi connectivity index (χ0v) is 21.5. The van der Waals surface area contributed by atoms with Gasteiger partial charge in [0.15, 0.2) is 0 Å². The molecule has 0 spiro atoms. The lowest BCUT2D eigenvalue weighted by atomic mass is 9.83. The molecule has 1 aromatic carbocycles. The molecular formula is C25H40N2O6S. The number of nitrogens with zero attached hydrogens (tertiary/aromatic N) is 1. The Morgan fingerprint density at radius 1 is 1.15 bits per heavy atom. The molecule has 1 aliphatic carbocycles. The third-order valence-corrected chi connectivity index (χ3v) is 7.59. The normalized spacial score (nSPS) is 26.9. The number of sulfonamides is 1. The minimum atomic E-state index is -3.38. The van der Waals surface area contributed by atoms with Gasteiger partial charge in [0.2, 0.25) is 10.0 Å². The second-order valence-electron chi connectivity index (χ2n) is 10.2. The molecule has 1 amide bonds. The van der Waals surface area contributed by atoms with E-state index in [4.69, 9.17) is 14.2 Å². The third kappa shape index (κ3) is 8.83. The van der Waals surface area contributed by atoms with Crippen molar-refractivity contribution in [2.24, 2.45) is 0 Å². The van der Waals surface area contributed by atoms with Gasteiger partial charge in [-0.3, -0.25) is 0 Å². The zero-order valence-electron chi connectivity index (χ0n) is 20.7. The first-order valence-corrected chi connectivity index (χ1v) is 14.0. The number of benzene rings is 1. The lowest BCUT2D eigenvalue weighted by Crippen LogP contribution is -2.49. The fourth-order valence-corrected chi connectivity index (χ4v) is 5.38. The Bertz CT molecular complexity index is 863. The van der Waals surface area contributed by atoms with Gasteiger partial charge in [-0.15, -0.1) is 0 Å². The van der Waals surface area contributed by atoms with Crippen molar-refractivity contribution in [1.82, 2.24) is 9.62 Å². The molecule has 0 radical (unpaired) electrons. The number of hydrogen-bond acceptors (Lipinski definition) is 6. The zero-order chi connectivity index (χ0) is 24.6. The lowest BCUT2D eigenvalue weighted by Gasteiger charge is -2.35. The fraction of sp³-hybridized carbons (Fsp3) is 0.720. The van der Waals surface area contributed by atoms with Crippen LogP contribution < -0.4 is 4.72 Å². The summed E-state index contributed by atoms with van der Waals surface area (Å²) in [5, 5.41) is 0. The summed E-state index contributed by atoms with van der Waals surface area (Å²) in [4.78, 5) is 14.6. The van der Waals surface area contributed by atoms with Crippen LogP contribution in [0.15, 0.2) is 30.3 Å². The molecule has 1 aromatic rings. The highest BCUT2D eigenvalue weighted by molar-refractivity contribution is 7.89. The van der Waals surface area contributed by atoms with E-state index in [0.717, 1.165) is 25.7 Å². The van der Waals surface area contributed by atoms with Crippen molar-refractivity contribution >= 4 is 16.1 Å². The Kier molecular flexibility index (Phi) is 9.76. The molecule has 3 rings (SSSR count). The van der Waals surface area contributed by atoms with Crippen molar-refractivity contribution in [3.05, 3.63) is 35.9 Å². The van der Waals surface area contributed by atoms with Gasteiger partial charge in [-0.05, 0) is 64.4 Å². The van der Waals surface area contributed by atoms with E-state index in [1.165, 1.54) is 5.56 Å². The third-order valence-electron chi connectivity index (χ3n) is 6.24. The number of ether oxygens (including phenoxy) is 3. The molecule has 1 atom stereocenters. The smallest absolute Gasteiger partial charge is 0.410 e. The molecule has 9 heteroatoms. The topological polar surface area (TPSA) is 94.2 Å². The highest BCUT2D eigenvalue weighted by Crippen LogP contribution is 2.34. The van der Waals surface area contributed by atoms with Crippen molar-refractivity contribution in [3.8, 4) is 0 Å². The second kappa shape index (κ2) is 12.3. The van der Waals surface area contributed by atoms with Gasteiger partial charge in [0.1, 0.15) is 5.60 Å². The van der Waals surface area contributed by atoms with Crippen molar-refractivity contribution < 1.29 is 27.4 Å². The van der Waals surface area contributed by atoms with E-state index in [2.05, 4.69) is 29.0 Å². The molecule has 1 saturated heterocycles. The molecule has 2 aliphatic rings. The first-order chi connectivity index (χ1) is 16.1. The van der Waals surface area contributed by atoms with E-state index in [1.54, 1.807) is 4.90 Å². The lowest BCUT2D eigenvalue weighted by molar-refractivity contribution is -0.0438. The van der Waals surface area contributed by atoms with Gasteiger partial charge in [-0.2, -0.15) is 0 Å². The van der Waals surface area contributed by atoms with Gasteiger partial charge >= 0.3 is 6.09 Å². The maximum absolute atomic E-state index is 13.0. The Morgan fingerprint density at radius 2 is 1.85 bits per heavy atom. The predicted octanol–water partition coefficient (Wildman–Crippen LogP) is 3.67. The number of carbonyl (C=O) groups is 1. The first-order valence-electron chi connectivity index (χ1n) is 12.3. The van der Waals surface area contributed by atoms with Crippen molar-refractivity contribution in [2.45, 2.75) is 76.5 Å². The molecule has 1 N–H and O–H groups in total. The summed E-state index contributed by atoms with van der Waals surface area (Å²) in [6.07, 6.45) is 4.30. The predicted molar refractivity (Wildman–Crippen MR) is 131 cm³/mol. The standard InChI is InChI=1S/C25H40N2O6S/c1-25(2,3)33-24(28)27-15-7-14-26-34(29,30)17-16-31-18-22(27)19-32-23-12-10-21(11-13-23)20-8-5-4-6-9-20/h4-6,8-9,21-23,26H,7,10-19H2,1-3H3. The van der Waals surface area contributed by atoms with E-state index in [-0.39, 0.29) is 37.7 Å². The van der Waals surface area contributed by atoms with E-state index < -0.39 is 21.7 Å². The Balaban J connectivity index is 1.61. The van der Waals surface area contributed by atoms with Crippen LogP contribution in [0.5, 0.6) is 0 Å². The Labute approximate surface area is 204 Å². The minimum Gasteiger partial charge on any atom is -0.444 e. The average molecular weight is 497 g/mol. The van der Waals surface area contributed by atoms with Crippen LogP contribution in [0.1, 0.15) is 64.4 Å². The largest absolute Gasteiger partial charge is 0.444 e. The molecule has 8 nitrogen and oxygen atoms in total. The quantitative estimate of drug-likeness (QED) is 0.684. The average Bonchev–Trinajstić information content (AvgIpc) is 2.81. The first kappa shape index (κ1) is 26.9. The number of nitrogens with one attached hydrogen (secondary N) is 1. The van der Waals surface area contributed by atoms with Crippen molar-refractivity contribution in [3.63, 3.8) is 0 Å². The highest BCUT2D eigenvalue weighted by atomic mass is 32.2. The van der Waals surface area contributed by atoms with Crippen LogP contribution in [-0.2, 0) is 24.2 Å². The SMILES string of the molecule is CC(C)(C)OC(=O)N1CCCNS(=O)(=O)CCOCC1COC1CCC(c2ccccc2)CC1. The van der Waals surface area contributed by atoms with Crippen LogP contribution in [-0.4, -0.2) is 75.8 Å². The van der Waals surface area contributed by atoms with Crippen molar-refractivity contribution in [1.29, 1.82) is 0 Å². The summed E-state index contributed by atoms with van der Waals surface area (Å²) < 4.78 is 44.2. The summed E-state index contributed by atoms with van der Waals surface area (Å²) in [5.41, 5.74) is 0.755. The van der Waals surface area contributed by atoms with Gasteiger partial charge in [0.25, 0.3) is 0 Å². The Hall–Kier alpha value is -1.68. The van der Waals surface area contributed by atoms with Crippen LogP contribution in [0.3, 0.4) is 0 Å². The summed E-state index contributed by atoms with van der Waals surface area (Å²) in [6.45, 7) is 6.72. The van der Waals surface area contributed by atoms with Crippen LogP contribution in [0.2, 0.25) is 0 Å². The van der Waals surface area contributed by atoms with Gasteiger partial charge in [-0.1, -0.05) is 30.3 Å². The second-order valence-corrected chi connectivity index (χ2v) is 12.1. The molecular weight excluding hydrogens is 456 g/mol. The fourth-order valence-electron chi connectivity index (χ4n) is 4.44. The van der Waals surface area contributed by atoms with E-state index in [9.17, 15) is 13.2 Å². The van der Waals surface area contributed by atoms with E-state index in [0.29, 0.717) is 25.5 Å². The van der Waals surface area contributed by atoms with Crippen LogP contribution in [0.25, 0.3) is 0 Å². The molecule has 1 heterocycles. The molecule has 1 aliphatic heterocycles. The molecule has 1 saturated carbocycles. The maximum atomic E-state index is 13.0. The summed E-state index contributed by atoms with van der Waals surface area (Å²) in [7, 11) is -3.38. The number of carbonyl (C=O) groups excluding carboxylic acids is 1. The van der Waals surface area contributed by atoms with Crippen molar-refractivity contribution in [2.75, 3.05) is 38.7 Å². The van der Waals surface area contributed by atoms with Gasteiger partial charge < -0.3 is 19.1 Å². The minimum absolute atomic E-state index is 0.0657. The molecule has 0 aromatic heterocycles. The summed E-state index contributed by atoms with van der Waals surface area (Å²) in [5.74, 6) is 0.464. The number of amides is 1.